The first-order chi connectivity index (χ1) is 8.88. The topological polar surface area (TPSA) is 37.4 Å². The number of anilines is 2. The molecule has 1 aliphatic heterocycles. The molecule has 2 atom stereocenters. The number of fused-ring (bicyclic) bond motifs is 1. The van der Waals surface area contributed by atoms with Crippen LogP contribution < -0.4 is 10.2 Å². The van der Waals surface area contributed by atoms with E-state index in [4.69, 9.17) is 4.74 Å². The Morgan fingerprint density at radius 1 is 1.39 bits per heavy atom. The van der Waals surface area contributed by atoms with Gasteiger partial charge in [-0.25, -0.2) is 4.98 Å². The number of ether oxygens (including phenoxy) is 1. The van der Waals surface area contributed by atoms with E-state index in [0.29, 0.717) is 12.1 Å². The summed E-state index contributed by atoms with van der Waals surface area (Å²) in [5.74, 6) is 0.936. The maximum atomic E-state index is 5.92. The van der Waals surface area contributed by atoms with Crippen molar-refractivity contribution in [2.24, 2.45) is 0 Å². The van der Waals surface area contributed by atoms with Gasteiger partial charge in [-0.15, -0.1) is 0 Å². The first-order valence-corrected chi connectivity index (χ1v) is 6.90. The van der Waals surface area contributed by atoms with Crippen LogP contribution in [-0.2, 0) is 4.74 Å². The minimum Gasteiger partial charge on any atom is -0.374 e. The van der Waals surface area contributed by atoms with Crippen molar-refractivity contribution < 1.29 is 4.74 Å². The molecule has 1 aliphatic carbocycles. The van der Waals surface area contributed by atoms with Gasteiger partial charge in [-0.05, 0) is 18.9 Å². The van der Waals surface area contributed by atoms with Crippen LogP contribution in [0.15, 0.2) is 18.3 Å². The molecular formula is C14H21N3O. The first-order valence-electron chi connectivity index (χ1n) is 6.90. The number of rotatable bonds is 2. The second-order valence-corrected chi connectivity index (χ2v) is 5.10. The van der Waals surface area contributed by atoms with E-state index in [2.05, 4.69) is 27.3 Å². The van der Waals surface area contributed by atoms with Crippen molar-refractivity contribution in [3.63, 3.8) is 0 Å². The number of hydrogen-bond acceptors (Lipinski definition) is 4. The first kappa shape index (κ1) is 11.8. The summed E-state index contributed by atoms with van der Waals surface area (Å²) in [4.78, 5) is 6.80. The summed E-state index contributed by atoms with van der Waals surface area (Å²) in [6.07, 6.45) is 7.42. The summed E-state index contributed by atoms with van der Waals surface area (Å²) < 4.78 is 5.92. The summed E-state index contributed by atoms with van der Waals surface area (Å²) in [6.45, 7) is 1.84. The predicted octanol–water partition coefficient (Wildman–Crippen LogP) is 2.27. The molecule has 1 N–H and O–H groups in total. The van der Waals surface area contributed by atoms with Gasteiger partial charge in [0.2, 0.25) is 0 Å². The lowest BCUT2D eigenvalue weighted by Gasteiger charge is -2.45. The lowest BCUT2D eigenvalue weighted by molar-refractivity contribution is -0.00867. The monoisotopic (exact) mass is 247 g/mol. The smallest absolute Gasteiger partial charge is 0.127 e. The van der Waals surface area contributed by atoms with Gasteiger partial charge in [0.1, 0.15) is 5.82 Å². The summed E-state index contributed by atoms with van der Waals surface area (Å²) in [5.41, 5.74) is 1.27. The van der Waals surface area contributed by atoms with Crippen LogP contribution in [-0.4, -0.2) is 37.3 Å². The molecule has 1 aromatic rings. The van der Waals surface area contributed by atoms with Crippen LogP contribution in [0.3, 0.4) is 0 Å². The van der Waals surface area contributed by atoms with E-state index in [1.165, 1.54) is 31.4 Å². The molecule has 0 aromatic carbocycles. The highest BCUT2D eigenvalue weighted by molar-refractivity contribution is 5.54. The number of aromatic nitrogens is 1. The Morgan fingerprint density at radius 3 is 3.17 bits per heavy atom. The fourth-order valence-corrected chi connectivity index (χ4v) is 3.15. The van der Waals surface area contributed by atoms with Gasteiger partial charge >= 0.3 is 0 Å². The molecule has 18 heavy (non-hydrogen) atoms. The average Bonchev–Trinajstić information content (AvgIpc) is 2.47. The van der Waals surface area contributed by atoms with E-state index in [1.807, 2.05) is 13.2 Å². The molecule has 2 unspecified atom stereocenters. The van der Waals surface area contributed by atoms with E-state index in [-0.39, 0.29) is 0 Å². The molecule has 0 bridgehead atoms. The zero-order valence-corrected chi connectivity index (χ0v) is 10.9. The van der Waals surface area contributed by atoms with Crippen molar-refractivity contribution in [2.75, 3.05) is 30.4 Å². The lowest BCUT2D eigenvalue weighted by atomic mass is 9.90. The zero-order valence-electron chi connectivity index (χ0n) is 10.9. The standard InChI is InChI=1S/C14H21N3O/c1-15-14-10-11(6-7-16-14)17-8-9-18-13-5-3-2-4-12(13)17/h6-7,10,12-13H,2-5,8-9H2,1H3,(H,15,16). The van der Waals surface area contributed by atoms with Crippen molar-refractivity contribution in [3.8, 4) is 0 Å². The van der Waals surface area contributed by atoms with Gasteiger partial charge in [0.25, 0.3) is 0 Å². The molecule has 2 aliphatic rings. The maximum absolute atomic E-state index is 5.92. The quantitative estimate of drug-likeness (QED) is 0.870. The molecule has 1 aromatic heterocycles. The predicted molar refractivity (Wildman–Crippen MR) is 73.1 cm³/mol. The maximum Gasteiger partial charge on any atom is 0.127 e. The van der Waals surface area contributed by atoms with Gasteiger partial charge in [0.05, 0.1) is 18.8 Å². The second-order valence-electron chi connectivity index (χ2n) is 5.10. The number of nitrogens with zero attached hydrogens (tertiary/aromatic N) is 2. The van der Waals surface area contributed by atoms with Gasteiger partial charge in [-0.2, -0.15) is 0 Å². The number of nitrogens with one attached hydrogen (secondary N) is 1. The van der Waals surface area contributed by atoms with E-state index >= 15 is 0 Å². The number of morpholine rings is 1. The molecule has 2 heterocycles. The summed E-state index contributed by atoms with van der Waals surface area (Å²) in [7, 11) is 1.91. The van der Waals surface area contributed by atoms with Crippen molar-refractivity contribution in [1.82, 2.24) is 4.98 Å². The Balaban J connectivity index is 1.84. The normalized spacial score (nSPS) is 27.7. The van der Waals surface area contributed by atoms with Gasteiger partial charge in [0.15, 0.2) is 0 Å². The van der Waals surface area contributed by atoms with Crippen molar-refractivity contribution in [2.45, 2.75) is 37.8 Å². The Bertz CT molecular complexity index is 408. The van der Waals surface area contributed by atoms with Crippen LogP contribution in [0.5, 0.6) is 0 Å². The van der Waals surface area contributed by atoms with Crippen LogP contribution >= 0.6 is 0 Å². The molecule has 98 valence electrons. The third-order valence-electron chi connectivity index (χ3n) is 4.06. The molecule has 4 heteroatoms. The second kappa shape index (κ2) is 5.14. The molecule has 0 radical (unpaired) electrons. The largest absolute Gasteiger partial charge is 0.374 e. The fourth-order valence-electron chi connectivity index (χ4n) is 3.15. The Hall–Kier alpha value is -1.29. The van der Waals surface area contributed by atoms with Gasteiger partial charge in [-0.3, -0.25) is 0 Å². The van der Waals surface area contributed by atoms with E-state index in [1.54, 1.807) is 0 Å². The SMILES string of the molecule is CNc1cc(N2CCOC3CCCCC32)ccn1. The number of pyridine rings is 1. The minimum absolute atomic E-state index is 0.429. The van der Waals surface area contributed by atoms with Crippen molar-refractivity contribution >= 4 is 11.5 Å². The Morgan fingerprint density at radius 2 is 2.28 bits per heavy atom. The fraction of sp³-hybridized carbons (Fsp3) is 0.643. The third-order valence-corrected chi connectivity index (χ3v) is 4.06. The molecule has 1 saturated carbocycles. The van der Waals surface area contributed by atoms with E-state index < -0.39 is 0 Å². The van der Waals surface area contributed by atoms with E-state index in [0.717, 1.165) is 19.0 Å². The highest BCUT2D eigenvalue weighted by atomic mass is 16.5. The van der Waals surface area contributed by atoms with Crippen LogP contribution in [0.4, 0.5) is 11.5 Å². The Labute approximate surface area is 108 Å². The van der Waals surface area contributed by atoms with Crippen LogP contribution in [0, 0.1) is 0 Å². The van der Waals surface area contributed by atoms with Crippen molar-refractivity contribution in [1.29, 1.82) is 0 Å². The lowest BCUT2D eigenvalue weighted by Crippen LogP contribution is -2.52. The average molecular weight is 247 g/mol. The summed E-state index contributed by atoms with van der Waals surface area (Å²) in [6, 6.07) is 4.80. The third kappa shape index (κ3) is 2.17. The zero-order chi connectivity index (χ0) is 12.4. The van der Waals surface area contributed by atoms with Gasteiger partial charge in [0, 0.05) is 31.5 Å². The van der Waals surface area contributed by atoms with E-state index in [9.17, 15) is 0 Å². The Kier molecular flexibility index (Phi) is 3.37. The van der Waals surface area contributed by atoms with Gasteiger partial charge in [-0.1, -0.05) is 12.8 Å². The van der Waals surface area contributed by atoms with Gasteiger partial charge < -0.3 is 15.0 Å². The van der Waals surface area contributed by atoms with Crippen molar-refractivity contribution in [3.05, 3.63) is 18.3 Å². The number of hydrogen-bond donors (Lipinski definition) is 1. The molecular weight excluding hydrogens is 226 g/mol. The van der Waals surface area contributed by atoms with Crippen LogP contribution in [0.25, 0.3) is 0 Å². The van der Waals surface area contributed by atoms with Crippen LogP contribution in [0.1, 0.15) is 25.7 Å². The molecule has 4 nitrogen and oxygen atoms in total. The minimum atomic E-state index is 0.429. The molecule has 2 fully saturated rings. The highest BCUT2D eigenvalue weighted by Crippen LogP contribution is 2.32. The summed E-state index contributed by atoms with van der Waals surface area (Å²) in [5, 5.41) is 3.11. The molecule has 0 amide bonds. The summed E-state index contributed by atoms with van der Waals surface area (Å²) >= 11 is 0. The van der Waals surface area contributed by atoms with Crippen LogP contribution in [0.2, 0.25) is 0 Å². The molecule has 3 rings (SSSR count). The highest BCUT2D eigenvalue weighted by Gasteiger charge is 2.34. The molecule has 0 spiro atoms. The molecule has 1 saturated heterocycles.